The van der Waals surface area contributed by atoms with Gasteiger partial charge in [0.2, 0.25) is 23.6 Å². The lowest BCUT2D eigenvalue weighted by atomic mass is 10.0. The van der Waals surface area contributed by atoms with Gasteiger partial charge in [0.1, 0.15) is 23.9 Å². The number of nitrogens with one attached hydrogen (secondary N) is 4. The summed E-state index contributed by atoms with van der Waals surface area (Å²) in [5.74, 6) is -2.70. The number of nitrogens with zero attached hydrogens (tertiary/aromatic N) is 2. The van der Waals surface area contributed by atoms with Crippen LogP contribution < -0.4 is 38.9 Å². The Morgan fingerprint density at radius 1 is 0.800 bits per heavy atom. The number of guanidine groups is 1. The molecule has 3 aromatic rings. The Bertz CT molecular complexity index is 1430. The van der Waals surface area contributed by atoms with Crippen molar-refractivity contribution in [1.29, 1.82) is 0 Å². The smallest absolute Gasteiger partial charge is 0.243 e. The molecule has 15 heteroatoms. The number of carbonyl (C=O) groups is 4. The number of hydrogen-bond donors (Lipinski definition) is 9. The van der Waals surface area contributed by atoms with E-state index in [0.29, 0.717) is 17.7 Å². The molecule has 1 heterocycles. The number of imidazole rings is 1. The van der Waals surface area contributed by atoms with E-state index in [4.69, 9.17) is 22.9 Å². The molecule has 2 aromatic carbocycles. The average molecular weight is 621 g/mol. The molecule has 240 valence electrons. The van der Waals surface area contributed by atoms with Gasteiger partial charge in [-0.2, -0.15) is 0 Å². The van der Waals surface area contributed by atoms with Crippen molar-refractivity contribution in [2.45, 2.75) is 56.3 Å². The van der Waals surface area contributed by atoms with Crippen molar-refractivity contribution in [2.75, 3.05) is 6.54 Å². The van der Waals surface area contributed by atoms with Crippen LogP contribution in [0.3, 0.4) is 0 Å². The molecule has 3 rings (SSSR count). The minimum absolute atomic E-state index is 0.0650. The Labute approximate surface area is 260 Å². The number of aliphatic imine (C=N–C) groups is 1. The number of hydrogen-bond acceptors (Lipinski definition) is 8. The molecule has 15 nitrogen and oxygen atoms in total. The van der Waals surface area contributed by atoms with Gasteiger partial charge in [-0.15, -0.1) is 0 Å². The van der Waals surface area contributed by atoms with Crippen LogP contribution in [0.25, 0.3) is 0 Å². The van der Waals surface area contributed by atoms with E-state index in [2.05, 4.69) is 30.9 Å². The lowest BCUT2D eigenvalue weighted by Crippen LogP contribution is -2.58. The second-order valence-electron chi connectivity index (χ2n) is 10.5. The largest absolute Gasteiger partial charge is 0.508 e. The van der Waals surface area contributed by atoms with Gasteiger partial charge in [-0.25, -0.2) is 4.98 Å². The standard InChI is InChI=1S/C30H40N10O5/c31-22(13-19-8-10-21(41)11-9-19)27(43)38-23(7-4-12-36-30(33)34)28(44)40-25(14-18-5-2-1-3-6-18)29(45)39-24(26(32)42)15-20-16-35-17-37-20/h1-3,5-6,8-11,16-17,22-25,41H,4,7,12-15,31H2,(H2,32,42)(H,35,37)(H,38,43)(H,39,45)(H,40,44)(H4,33,34,36)/t22-,23+,24-,25-/m0/s1. The second-order valence-corrected chi connectivity index (χ2v) is 10.5. The summed E-state index contributed by atoms with van der Waals surface area (Å²) in [5, 5.41) is 17.6. The van der Waals surface area contributed by atoms with Gasteiger partial charge in [-0.1, -0.05) is 42.5 Å². The highest BCUT2D eigenvalue weighted by atomic mass is 16.3. The molecule has 0 fully saturated rings. The Balaban J connectivity index is 1.77. The van der Waals surface area contributed by atoms with Crippen LogP contribution in [0.4, 0.5) is 0 Å². The number of primary amides is 1. The Morgan fingerprint density at radius 2 is 1.42 bits per heavy atom. The maximum Gasteiger partial charge on any atom is 0.243 e. The third kappa shape index (κ3) is 11.6. The van der Waals surface area contributed by atoms with E-state index >= 15 is 0 Å². The number of carbonyl (C=O) groups excluding carboxylic acids is 4. The van der Waals surface area contributed by atoms with Gasteiger partial charge >= 0.3 is 0 Å². The van der Waals surface area contributed by atoms with Crippen LogP contribution in [0.15, 0.2) is 72.1 Å². The maximum absolute atomic E-state index is 13.6. The van der Waals surface area contributed by atoms with Crippen LogP contribution in [0.2, 0.25) is 0 Å². The number of phenols is 1. The normalized spacial score (nSPS) is 13.4. The van der Waals surface area contributed by atoms with Crippen LogP contribution in [-0.4, -0.2) is 75.4 Å². The number of aromatic hydroxyl groups is 1. The third-order valence-corrected chi connectivity index (χ3v) is 6.86. The van der Waals surface area contributed by atoms with Crippen molar-refractivity contribution < 1.29 is 24.3 Å². The van der Waals surface area contributed by atoms with Crippen LogP contribution >= 0.6 is 0 Å². The molecule has 1 aromatic heterocycles. The Morgan fingerprint density at radius 3 is 2.04 bits per heavy atom. The summed E-state index contributed by atoms with van der Waals surface area (Å²) in [6, 6.07) is 10.9. The zero-order valence-electron chi connectivity index (χ0n) is 24.7. The molecular formula is C30H40N10O5. The van der Waals surface area contributed by atoms with Gasteiger partial charge in [0.15, 0.2) is 5.96 Å². The molecule has 0 spiro atoms. The van der Waals surface area contributed by atoms with E-state index in [9.17, 15) is 24.3 Å². The monoisotopic (exact) mass is 620 g/mol. The zero-order chi connectivity index (χ0) is 32.8. The number of phenolic OH excluding ortho intramolecular Hbond substituents is 1. The van der Waals surface area contributed by atoms with Crippen molar-refractivity contribution in [3.05, 3.63) is 83.9 Å². The third-order valence-electron chi connectivity index (χ3n) is 6.86. The topological polar surface area (TPSA) is 270 Å². The van der Waals surface area contributed by atoms with Crippen molar-refractivity contribution in [3.8, 4) is 5.75 Å². The van der Waals surface area contributed by atoms with Crippen molar-refractivity contribution >= 4 is 29.6 Å². The molecule has 0 unspecified atom stereocenters. The molecule has 0 radical (unpaired) electrons. The minimum atomic E-state index is -1.13. The second kappa shape index (κ2) is 17.0. The number of rotatable bonds is 17. The molecule has 0 aliphatic rings. The summed E-state index contributed by atoms with van der Waals surface area (Å²) in [6.07, 6.45) is 3.70. The SMILES string of the molecule is NC(=O)[C@H](Cc1cnc[nH]1)NC(=O)[C@H](Cc1ccccc1)NC(=O)[C@@H](CCCN=C(N)N)NC(=O)[C@@H](N)Cc1ccc(O)cc1. The summed E-state index contributed by atoms with van der Waals surface area (Å²) in [4.78, 5) is 63.1. The fourth-order valence-corrected chi connectivity index (χ4v) is 4.47. The minimum Gasteiger partial charge on any atom is -0.508 e. The van der Waals surface area contributed by atoms with E-state index in [-0.39, 0.29) is 43.9 Å². The van der Waals surface area contributed by atoms with E-state index in [1.54, 1.807) is 36.4 Å². The van der Waals surface area contributed by atoms with Gasteiger partial charge < -0.3 is 49.0 Å². The first-order valence-corrected chi connectivity index (χ1v) is 14.3. The number of nitrogens with two attached hydrogens (primary N) is 4. The van der Waals surface area contributed by atoms with Gasteiger partial charge in [0.25, 0.3) is 0 Å². The fourth-order valence-electron chi connectivity index (χ4n) is 4.47. The molecule has 13 N–H and O–H groups in total. The maximum atomic E-state index is 13.6. The van der Waals surface area contributed by atoms with Gasteiger partial charge in [0.05, 0.1) is 12.4 Å². The van der Waals surface area contributed by atoms with Gasteiger partial charge in [-0.3, -0.25) is 24.2 Å². The summed E-state index contributed by atoms with van der Waals surface area (Å²) in [5.41, 5.74) is 24.6. The number of aromatic nitrogens is 2. The van der Waals surface area contributed by atoms with Crippen molar-refractivity contribution in [1.82, 2.24) is 25.9 Å². The fraction of sp³-hybridized carbons (Fsp3) is 0.333. The average Bonchev–Trinajstić information content (AvgIpc) is 3.52. The van der Waals surface area contributed by atoms with Crippen molar-refractivity contribution in [3.63, 3.8) is 0 Å². The molecule has 4 atom stereocenters. The van der Waals surface area contributed by atoms with E-state index in [0.717, 1.165) is 5.56 Å². The molecule has 0 aliphatic carbocycles. The molecule has 0 saturated carbocycles. The Kier molecular flexibility index (Phi) is 12.9. The molecular weight excluding hydrogens is 580 g/mol. The quantitative estimate of drug-likeness (QED) is 0.0480. The lowest BCUT2D eigenvalue weighted by Gasteiger charge is -2.25. The summed E-state index contributed by atoms with van der Waals surface area (Å²) < 4.78 is 0. The van der Waals surface area contributed by atoms with Gasteiger partial charge in [0, 0.05) is 31.3 Å². The molecule has 4 amide bonds. The highest BCUT2D eigenvalue weighted by Gasteiger charge is 2.30. The van der Waals surface area contributed by atoms with E-state index < -0.39 is 47.8 Å². The molecule has 0 saturated heterocycles. The van der Waals surface area contributed by atoms with E-state index in [1.165, 1.54) is 24.7 Å². The predicted octanol–water partition coefficient (Wildman–Crippen LogP) is -1.54. The van der Waals surface area contributed by atoms with Crippen LogP contribution in [0, 0.1) is 0 Å². The number of H-pyrrole nitrogens is 1. The first kappa shape index (κ1) is 34.1. The van der Waals surface area contributed by atoms with Crippen LogP contribution in [0.1, 0.15) is 29.7 Å². The first-order valence-electron chi connectivity index (χ1n) is 14.3. The van der Waals surface area contributed by atoms with Crippen LogP contribution in [-0.2, 0) is 38.4 Å². The summed E-state index contributed by atoms with van der Waals surface area (Å²) >= 11 is 0. The van der Waals surface area contributed by atoms with E-state index in [1.807, 2.05) is 6.07 Å². The summed E-state index contributed by atoms with van der Waals surface area (Å²) in [6.45, 7) is 0.198. The number of amides is 4. The molecule has 45 heavy (non-hydrogen) atoms. The Hall–Kier alpha value is -5.44. The number of benzene rings is 2. The number of aromatic amines is 1. The van der Waals surface area contributed by atoms with Crippen LogP contribution in [0.5, 0.6) is 5.75 Å². The lowest BCUT2D eigenvalue weighted by molar-refractivity contribution is -0.133. The summed E-state index contributed by atoms with van der Waals surface area (Å²) in [7, 11) is 0. The highest BCUT2D eigenvalue weighted by Crippen LogP contribution is 2.12. The van der Waals surface area contributed by atoms with Gasteiger partial charge in [-0.05, 0) is 42.5 Å². The highest BCUT2D eigenvalue weighted by molar-refractivity contribution is 5.94. The molecule has 0 aliphatic heterocycles. The van der Waals surface area contributed by atoms with Crippen molar-refractivity contribution in [2.24, 2.45) is 27.9 Å². The zero-order valence-corrected chi connectivity index (χ0v) is 24.7. The predicted molar refractivity (Wildman–Crippen MR) is 167 cm³/mol. The first-order chi connectivity index (χ1) is 21.5. The molecule has 0 bridgehead atoms.